The van der Waals surface area contributed by atoms with Gasteiger partial charge in [-0.1, -0.05) is 13.2 Å². The first-order valence-electron chi connectivity index (χ1n) is 3.04. The van der Waals surface area contributed by atoms with Crippen molar-refractivity contribution in [3.05, 3.63) is 24.8 Å². The monoisotopic (exact) mass is 172 g/mol. The lowest BCUT2D eigenvalue weighted by atomic mass is 10.4. The molecule has 12 heavy (non-hydrogen) atoms. The van der Waals surface area contributed by atoms with Crippen molar-refractivity contribution < 1.29 is 19.4 Å². The Kier molecular flexibility index (Phi) is 8.18. The average molecular weight is 172 g/mol. The first-order chi connectivity index (χ1) is 5.45. The third-order valence-electron chi connectivity index (χ3n) is 0.708. The highest BCUT2D eigenvalue weighted by molar-refractivity contribution is 5.86. The molecule has 0 aromatic heterocycles. The summed E-state index contributed by atoms with van der Waals surface area (Å²) in [6.45, 7) is 7.92. The molecule has 0 saturated carbocycles. The van der Waals surface area contributed by atoms with Gasteiger partial charge in [0.1, 0.15) is 0 Å². The molecule has 0 aromatic rings. The number of hydrogen-bond donors (Lipinski definition) is 1. The molecule has 0 aromatic carbocycles. The number of ether oxygens (including phenoxy) is 1. The minimum atomic E-state index is -0.981. The van der Waals surface area contributed by atoms with E-state index in [0.717, 1.165) is 6.08 Å². The number of carbonyl (C=O) groups excluding carboxylic acids is 1. The molecule has 0 rings (SSSR count). The maximum atomic E-state index is 10.2. The van der Waals surface area contributed by atoms with Gasteiger partial charge in [-0.2, -0.15) is 0 Å². The lowest BCUT2D eigenvalue weighted by molar-refractivity contribution is -0.136. The van der Waals surface area contributed by atoms with Crippen LogP contribution in [0.2, 0.25) is 0 Å². The van der Waals surface area contributed by atoms with E-state index in [4.69, 9.17) is 5.11 Å². The lowest BCUT2D eigenvalue weighted by Gasteiger charge is -1.91. The molecule has 0 aliphatic carbocycles. The molecule has 4 heteroatoms. The summed E-state index contributed by atoms with van der Waals surface area (Å²) in [6, 6.07) is 0. The number of esters is 1. The van der Waals surface area contributed by atoms with Gasteiger partial charge in [0, 0.05) is 11.6 Å². The highest BCUT2D eigenvalue weighted by Crippen LogP contribution is 1.87. The molecule has 0 amide bonds. The Labute approximate surface area is 71.2 Å². The van der Waals surface area contributed by atoms with E-state index in [-0.39, 0.29) is 5.97 Å². The summed E-state index contributed by atoms with van der Waals surface area (Å²) in [6.07, 6.45) is 0.833. The van der Waals surface area contributed by atoms with Crippen LogP contribution in [0, 0.1) is 0 Å². The van der Waals surface area contributed by atoms with Crippen molar-refractivity contribution in [3.63, 3.8) is 0 Å². The molecule has 4 nitrogen and oxygen atoms in total. The van der Waals surface area contributed by atoms with Crippen LogP contribution < -0.4 is 0 Å². The van der Waals surface area contributed by atoms with E-state index >= 15 is 0 Å². The van der Waals surface area contributed by atoms with Gasteiger partial charge in [-0.25, -0.2) is 9.59 Å². The zero-order chi connectivity index (χ0) is 10.1. The standard InChI is InChI=1S/C5H8O2.C3H4O2/c1-4(2)5(6)7-3;1-2-3(4)5/h1H2,2-3H3;2H,1H2,(H,4,5). The van der Waals surface area contributed by atoms with E-state index in [0.29, 0.717) is 5.57 Å². The molecule has 0 aliphatic rings. The summed E-state index contributed by atoms with van der Waals surface area (Å²) in [5.41, 5.74) is 0.433. The van der Waals surface area contributed by atoms with Gasteiger partial charge in [0.15, 0.2) is 0 Å². The van der Waals surface area contributed by atoms with Gasteiger partial charge in [-0.05, 0) is 6.92 Å². The summed E-state index contributed by atoms with van der Waals surface area (Å²) < 4.78 is 4.27. The zero-order valence-electron chi connectivity index (χ0n) is 7.16. The number of carbonyl (C=O) groups is 2. The van der Waals surface area contributed by atoms with Crippen LogP contribution in [0.15, 0.2) is 24.8 Å². The predicted octanol–water partition coefficient (Wildman–Crippen LogP) is 0.992. The maximum absolute atomic E-state index is 10.2. The minimum absolute atomic E-state index is 0.347. The first-order valence-corrected chi connectivity index (χ1v) is 3.04. The highest BCUT2D eigenvalue weighted by Gasteiger charge is 1.95. The van der Waals surface area contributed by atoms with E-state index in [1.54, 1.807) is 6.92 Å². The largest absolute Gasteiger partial charge is 0.478 e. The van der Waals surface area contributed by atoms with Gasteiger partial charge < -0.3 is 9.84 Å². The van der Waals surface area contributed by atoms with E-state index in [9.17, 15) is 9.59 Å². The van der Waals surface area contributed by atoms with E-state index in [1.807, 2.05) is 0 Å². The van der Waals surface area contributed by atoms with Gasteiger partial charge >= 0.3 is 11.9 Å². The molecule has 0 fully saturated rings. The van der Waals surface area contributed by atoms with Crippen LogP contribution in [0.5, 0.6) is 0 Å². The summed E-state index contributed by atoms with van der Waals surface area (Å²) in [7, 11) is 1.33. The van der Waals surface area contributed by atoms with Gasteiger partial charge in [-0.15, -0.1) is 0 Å². The molecule has 1 N–H and O–H groups in total. The van der Waals surface area contributed by atoms with Crippen molar-refractivity contribution >= 4 is 11.9 Å². The summed E-state index contributed by atoms with van der Waals surface area (Å²) in [5.74, 6) is -1.33. The molecular weight excluding hydrogens is 160 g/mol. The predicted molar refractivity (Wildman–Crippen MR) is 44.7 cm³/mol. The molecule has 0 unspecified atom stereocenters. The third kappa shape index (κ3) is 11.2. The molecule has 0 atom stereocenters. The number of methoxy groups -OCH3 is 1. The molecule has 0 aliphatic heterocycles. The van der Waals surface area contributed by atoms with Gasteiger partial charge in [0.25, 0.3) is 0 Å². The molecule has 0 saturated heterocycles. The number of carboxylic acid groups (broad SMARTS) is 1. The van der Waals surface area contributed by atoms with E-state index < -0.39 is 5.97 Å². The Hall–Kier alpha value is -1.58. The SMILES string of the molecule is C=C(C)C(=O)OC.C=CC(=O)O. The molecule has 0 bridgehead atoms. The fraction of sp³-hybridized carbons (Fsp3) is 0.250. The number of rotatable bonds is 2. The quantitative estimate of drug-likeness (QED) is 0.498. The summed E-state index contributed by atoms with van der Waals surface area (Å²) in [5, 5.41) is 7.60. The molecular formula is C8H12O4. The average Bonchev–Trinajstić information content (AvgIpc) is 2.04. The Bertz CT molecular complexity index is 193. The second-order valence-corrected chi connectivity index (χ2v) is 1.81. The van der Waals surface area contributed by atoms with Crippen LogP contribution in [0.3, 0.4) is 0 Å². The molecule has 0 radical (unpaired) electrons. The number of carboxylic acids is 1. The van der Waals surface area contributed by atoms with Crippen LogP contribution in [0.4, 0.5) is 0 Å². The van der Waals surface area contributed by atoms with Crippen molar-refractivity contribution in [1.82, 2.24) is 0 Å². The third-order valence-corrected chi connectivity index (χ3v) is 0.708. The smallest absolute Gasteiger partial charge is 0.332 e. The Morgan fingerprint density at radius 3 is 1.83 bits per heavy atom. The van der Waals surface area contributed by atoms with Gasteiger partial charge in [0.2, 0.25) is 0 Å². The first kappa shape index (κ1) is 13.0. The van der Waals surface area contributed by atoms with Gasteiger partial charge in [0.05, 0.1) is 7.11 Å². The Balaban J connectivity index is 0. The van der Waals surface area contributed by atoms with Crippen LogP contribution in [-0.2, 0) is 14.3 Å². The number of aliphatic carboxylic acids is 1. The maximum Gasteiger partial charge on any atom is 0.332 e. The highest BCUT2D eigenvalue weighted by atomic mass is 16.5. The van der Waals surface area contributed by atoms with Crippen LogP contribution in [0.1, 0.15) is 6.92 Å². The summed E-state index contributed by atoms with van der Waals surface area (Å²) in [4.78, 5) is 19.4. The van der Waals surface area contributed by atoms with Crippen molar-refractivity contribution in [3.8, 4) is 0 Å². The summed E-state index contributed by atoms with van der Waals surface area (Å²) >= 11 is 0. The topological polar surface area (TPSA) is 63.6 Å². The van der Waals surface area contributed by atoms with Crippen LogP contribution in [-0.4, -0.2) is 24.2 Å². The number of hydrogen-bond acceptors (Lipinski definition) is 3. The van der Waals surface area contributed by atoms with Crippen molar-refractivity contribution in [1.29, 1.82) is 0 Å². The molecule has 0 spiro atoms. The van der Waals surface area contributed by atoms with Crippen molar-refractivity contribution in [2.45, 2.75) is 6.92 Å². The fourth-order valence-electron chi connectivity index (χ4n) is 0.174. The molecule has 68 valence electrons. The van der Waals surface area contributed by atoms with Gasteiger partial charge in [-0.3, -0.25) is 0 Å². The fourth-order valence-corrected chi connectivity index (χ4v) is 0.174. The van der Waals surface area contributed by atoms with Crippen molar-refractivity contribution in [2.75, 3.05) is 7.11 Å². The molecule has 0 heterocycles. The minimum Gasteiger partial charge on any atom is -0.478 e. The lowest BCUT2D eigenvalue weighted by Crippen LogP contribution is -1.98. The van der Waals surface area contributed by atoms with Crippen LogP contribution >= 0.6 is 0 Å². The van der Waals surface area contributed by atoms with E-state index in [1.165, 1.54) is 7.11 Å². The second kappa shape index (κ2) is 7.53. The Morgan fingerprint density at radius 1 is 1.50 bits per heavy atom. The second-order valence-electron chi connectivity index (χ2n) is 1.81. The van der Waals surface area contributed by atoms with Crippen molar-refractivity contribution in [2.24, 2.45) is 0 Å². The van der Waals surface area contributed by atoms with Crippen LogP contribution in [0.25, 0.3) is 0 Å². The Morgan fingerprint density at radius 2 is 1.83 bits per heavy atom. The van der Waals surface area contributed by atoms with E-state index in [2.05, 4.69) is 17.9 Å². The zero-order valence-corrected chi connectivity index (χ0v) is 7.16. The normalized spacial score (nSPS) is 7.17.